The van der Waals surface area contributed by atoms with Gasteiger partial charge in [0.2, 0.25) is 17.8 Å². The van der Waals surface area contributed by atoms with E-state index in [1.165, 1.54) is 0 Å². The molecular formula is C11H17N7O2. The Hall–Kier alpha value is -2.26. The van der Waals surface area contributed by atoms with Crippen LogP contribution in [0.25, 0.3) is 5.95 Å². The molecule has 0 aliphatic rings. The number of anilines is 2. The van der Waals surface area contributed by atoms with Crippen LogP contribution in [-0.4, -0.2) is 60.5 Å². The van der Waals surface area contributed by atoms with E-state index in [1.807, 2.05) is 6.92 Å². The van der Waals surface area contributed by atoms with Gasteiger partial charge in [-0.3, -0.25) is 4.57 Å². The van der Waals surface area contributed by atoms with Crippen molar-refractivity contribution in [1.82, 2.24) is 24.5 Å². The van der Waals surface area contributed by atoms with Gasteiger partial charge in [0, 0.05) is 25.5 Å². The molecule has 0 aliphatic heterocycles. The third-order valence-electron chi connectivity index (χ3n) is 2.40. The highest BCUT2D eigenvalue weighted by Gasteiger charge is 2.09. The number of nitrogens with zero attached hydrogens (tertiary/aromatic N) is 5. The second-order valence-electron chi connectivity index (χ2n) is 4.00. The van der Waals surface area contributed by atoms with Crippen LogP contribution in [0.5, 0.6) is 0 Å². The van der Waals surface area contributed by atoms with Gasteiger partial charge in [0.05, 0.1) is 12.7 Å². The van der Waals surface area contributed by atoms with Crippen LogP contribution in [0.4, 0.5) is 11.9 Å². The SMILES string of the molecule is CCNc1nc(NCC(O)CO)nc(-n2ccnc2)n1. The molecule has 2 aromatic rings. The first kappa shape index (κ1) is 14.2. The number of aromatic nitrogens is 5. The minimum atomic E-state index is -0.869. The molecule has 0 aliphatic carbocycles. The topological polar surface area (TPSA) is 121 Å². The molecule has 1 atom stereocenters. The Kier molecular flexibility index (Phi) is 4.80. The highest BCUT2D eigenvalue weighted by molar-refractivity contribution is 5.38. The standard InChI is InChI=1S/C11H17N7O2/c1-2-13-9-15-10(14-5-8(20)6-19)17-11(16-9)18-4-3-12-7-18/h3-4,7-8,19-20H,2,5-6H2,1H3,(H2,13,14,15,16,17). The smallest absolute Gasteiger partial charge is 0.241 e. The predicted molar refractivity (Wildman–Crippen MR) is 72.7 cm³/mol. The van der Waals surface area contributed by atoms with Gasteiger partial charge in [-0.1, -0.05) is 0 Å². The van der Waals surface area contributed by atoms with Crippen molar-refractivity contribution in [2.24, 2.45) is 0 Å². The van der Waals surface area contributed by atoms with Crippen LogP contribution in [0.3, 0.4) is 0 Å². The van der Waals surface area contributed by atoms with Crippen molar-refractivity contribution in [2.75, 3.05) is 30.3 Å². The van der Waals surface area contributed by atoms with Gasteiger partial charge < -0.3 is 20.8 Å². The number of aliphatic hydroxyl groups excluding tert-OH is 2. The summed E-state index contributed by atoms with van der Waals surface area (Å²) in [4.78, 5) is 16.6. The minimum absolute atomic E-state index is 0.148. The number of imidazole rings is 1. The van der Waals surface area contributed by atoms with Crippen LogP contribution < -0.4 is 10.6 Å². The summed E-state index contributed by atoms with van der Waals surface area (Å²) < 4.78 is 1.65. The van der Waals surface area contributed by atoms with Crippen molar-refractivity contribution in [3.63, 3.8) is 0 Å². The second kappa shape index (κ2) is 6.78. The lowest BCUT2D eigenvalue weighted by molar-refractivity contribution is 0.105. The maximum atomic E-state index is 9.33. The van der Waals surface area contributed by atoms with Crippen molar-refractivity contribution in [3.8, 4) is 5.95 Å². The number of hydrogen-bond acceptors (Lipinski definition) is 8. The summed E-state index contributed by atoms with van der Waals surface area (Å²) in [6, 6.07) is 0. The van der Waals surface area contributed by atoms with E-state index >= 15 is 0 Å². The van der Waals surface area contributed by atoms with E-state index in [2.05, 4.69) is 30.6 Å². The molecular weight excluding hydrogens is 262 g/mol. The molecule has 0 saturated heterocycles. The highest BCUT2D eigenvalue weighted by atomic mass is 16.3. The zero-order chi connectivity index (χ0) is 14.4. The van der Waals surface area contributed by atoms with E-state index in [4.69, 9.17) is 5.11 Å². The van der Waals surface area contributed by atoms with Gasteiger partial charge in [0.1, 0.15) is 6.33 Å². The molecule has 0 fully saturated rings. The summed E-state index contributed by atoms with van der Waals surface area (Å²) in [6.07, 6.45) is 4.06. The van der Waals surface area contributed by atoms with E-state index in [-0.39, 0.29) is 13.2 Å². The first-order valence-electron chi connectivity index (χ1n) is 6.24. The normalized spacial score (nSPS) is 12.2. The molecule has 9 heteroatoms. The summed E-state index contributed by atoms with van der Waals surface area (Å²) in [7, 11) is 0. The van der Waals surface area contributed by atoms with Crippen LogP contribution in [-0.2, 0) is 0 Å². The third kappa shape index (κ3) is 3.62. The molecule has 0 spiro atoms. The minimum Gasteiger partial charge on any atom is -0.394 e. The number of hydrogen-bond donors (Lipinski definition) is 4. The highest BCUT2D eigenvalue weighted by Crippen LogP contribution is 2.09. The molecule has 0 aromatic carbocycles. The average molecular weight is 279 g/mol. The monoisotopic (exact) mass is 279 g/mol. The summed E-state index contributed by atoms with van der Waals surface area (Å²) in [5.74, 6) is 1.15. The fraction of sp³-hybridized carbons (Fsp3) is 0.455. The van der Waals surface area contributed by atoms with Gasteiger partial charge in [-0.2, -0.15) is 15.0 Å². The van der Waals surface area contributed by atoms with Crippen molar-refractivity contribution < 1.29 is 10.2 Å². The van der Waals surface area contributed by atoms with E-state index in [9.17, 15) is 5.11 Å². The van der Waals surface area contributed by atoms with Gasteiger partial charge in [0.25, 0.3) is 0 Å². The van der Waals surface area contributed by atoms with Crippen molar-refractivity contribution in [3.05, 3.63) is 18.7 Å². The average Bonchev–Trinajstić information content (AvgIpc) is 2.99. The first-order chi connectivity index (χ1) is 9.72. The Bertz CT molecular complexity index is 532. The molecule has 108 valence electrons. The number of nitrogens with one attached hydrogen (secondary N) is 2. The first-order valence-corrected chi connectivity index (χ1v) is 6.24. The van der Waals surface area contributed by atoms with Crippen LogP contribution in [0.1, 0.15) is 6.92 Å². The van der Waals surface area contributed by atoms with Crippen LogP contribution in [0.2, 0.25) is 0 Å². The largest absolute Gasteiger partial charge is 0.394 e. The molecule has 20 heavy (non-hydrogen) atoms. The lowest BCUT2D eigenvalue weighted by atomic mass is 10.4. The number of aliphatic hydroxyl groups is 2. The second-order valence-corrected chi connectivity index (χ2v) is 4.00. The van der Waals surface area contributed by atoms with E-state index in [0.717, 1.165) is 0 Å². The molecule has 9 nitrogen and oxygen atoms in total. The lowest BCUT2D eigenvalue weighted by Crippen LogP contribution is -2.24. The van der Waals surface area contributed by atoms with E-state index < -0.39 is 6.10 Å². The molecule has 1 unspecified atom stereocenters. The van der Waals surface area contributed by atoms with Crippen molar-refractivity contribution in [2.45, 2.75) is 13.0 Å². The van der Waals surface area contributed by atoms with Gasteiger partial charge in [-0.15, -0.1) is 0 Å². The molecule has 0 bridgehead atoms. The zero-order valence-corrected chi connectivity index (χ0v) is 11.1. The maximum absolute atomic E-state index is 9.33. The van der Waals surface area contributed by atoms with Crippen molar-refractivity contribution in [1.29, 1.82) is 0 Å². The molecule has 2 rings (SSSR count). The van der Waals surface area contributed by atoms with Crippen LogP contribution in [0, 0.1) is 0 Å². The molecule has 2 heterocycles. The Morgan fingerprint density at radius 1 is 1.25 bits per heavy atom. The summed E-state index contributed by atoms with van der Waals surface area (Å²) in [5, 5.41) is 24.0. The number of rotatable bonds is 7. The van der Waals surface area contributed by atoms with Gasteiger partial charge in [0.15, 0.2) is 0 Å². The fourth-order valence-electron chi connectivity index (χ4n) is 1.45. The van der Waals surface area contributed by atoms with Crippen LogP contribution in [0.15, 0.2) is 18.7 Å². The van der Waals surface area contributed by atoms with Gasteiger partial charge in [-0.05, 0) is 6.92 Å². The Morgan fingerprint density at radius 2 is 2.00 bits per heavy atom. The van der Waals surface area contributed by atoms with Gasteiger partial charge >= 0.3 is 0 Å². The quantitative estimate of drug-likeness (QED) is 0.522. The van der Waals surface area contributed by atoms with E-state index in [0.29, 0.717) is 24.4 Å². The maximum Gasteiger partial charge on any atom is 0.241 e. The molecule has 4 N–H and O–H groups in total. The summed E-state index contributed by atoms with van der Waals surface area (Å²) in [5.41, 5.74) is 0. The third-order valence-corrected chi connectivity index (χ3v) is 2.40. The zero-order valence-electron chi connectivity index (χ0n) is 11.1. The molecule has 0 amide bonds. The predicted octanol–water partition coefficient (Wildman–Crippen LogP) is -0.746. The van der Waals surface area contributed by atoms with Crippen LogP contribution >= 0.6 is 0 Å². The lowest BCUT2D eigenvalue weighted by Gasteiger charge is -2.11. The summed E-state index contributed by atoms with van der Waals surface area (Å²) >= 11 is 0. The Morgan fingerprint density at radius 3 is 2.60 bits per heavy atom. The van der Waals surface area contributed by atoms with Crippen molar-refractivity contribution >= 4 is 11.9 Å². The Labute approximate surface area is 115 Å². The van der Waals surface area contributed by atoms with Gasteiger partial charge in [-0.25, -0.2) is 4.98 Å². The Balaban J connectivity index is 2.22. The molecule has 0 radical (unpaired) electrons. The molecule has 2 aromatic heterocycles. The summed E-state index contributed by atoms with van der Waals surface area (Å²) in [6.45, 7) is 2.43. The fourth-order valence-corrected chi connectivity index (χ4v) is 1.45. The molecule has 0 saturated carbocycles. The van der Waals surface area contributed by atoms with E-state index in [1.54, 1.807) is 23.3 Å².